The van der Waals surface area contributed by atoms with Crippen LogP contribution >= 0.6 is 0 Å². The van der Waals surface area contributed by atoms with Crippen LogP contribution in [0.5, 0.6) is 0 Å². The van der Waals surface area contributed by atoms with E-state index in [1.807, 2.05) is 36.4 Å². The van der Waals surface area contributed by atoms with Crippen LogP contribution in [0.3, 0.4) is 0 Å². The van der Waals surface area contributed by atoms with Gasteiger partial charge in [-0.15, -0.1) is 0 Å². The second kappa shape index (κ2) is 34.7. The molecule has 4 aromatic rings. The van der Waals surface area contributed by atoms with Crippen molar-refractivity contribution < 1.29 is 25.9 Å². The first kappa shape index (κ1) is 59.6. The Kier molecular flexibility index (Phi) is 31.8. The molecule has 65 heavy (non-hydrogen) atoms. The number of aryl methyl sites for hydroxylation is 2. The molecular weight excluding hydrogens is 873 g/mol. The van der Waals surface area contributed by atoms with Gasteiger partial charge in [0.05, 0.1) is 9.79 Å². The molecule has 0 aliphatic heterocycles. The van der Waals surface area contributed by atoms with Crippen LogP contribution in [-0.2, 0) is 45.9 Å². The van der Waals surface area contributed by atoms with Gasteiger partial charge in [-0.1, -0.05) is 242 Å². The zero-order valence-electron chi connectivity index (χ0n) is 41.4. The fourth-order valence-corrected chi connectivity index (χ4v) is 11.4. The van der Waals surface area contributed by atoms with Crippen LogP contribution in [-0.4, -0.2) is 63.7 Å². The summed E-state index contributed by atoms with van der Waals surface area (Å²) in [6.45, 7) is 8.90. The minimum absolute atomic E-state index is 0. The van der Waals surface area contributed by atoms with E-state index < -0.39 is 20.2 Å². The topological polar surface area (TPSA) is 114 Å². The van der Waals surface area contributed by atoms with E-state index in [2.05, 4.69) is 39.8 Å². The second-order valence-electron chi connectivity index (χ2n) is 18.5. The molecule has 0 saturated carbocycles. The molecule has 0 bridgehead atoms. The molecule has 0 heterocycles. The Morgan fingerprint density at radius 2 is 0.600 bits per heavy atom. The summed E-state index contributed by atoms with van der Waals surface area (Å²) in [6, 6.07) is 19.2. The van der Waals surface area contributed by atoms with Crippen molar-refractivity contribution in [3.8, 4) is 0 Å². The maximum atomic E-state index is 12.3. The number of hydrogen-bond donors (Lipinski definition) is 0. The molecule has 6 nitrogen and oxygen atoms in total. The van der Waals surface area contributed by atoms with Crippen molar-refractivity contribution in [2.45, 2.75) is 243 Å². The van der Waals surface area contributed by atoms with Crippen molar-refractivity contribution in [1.29, 1.82) is 0 Å². The summed E-state index contributed by atoms with van der Waals surface area (Å²) in [4.78, 5) is 0.0825. The number of fused-ring (bicyclic) bond motifs is 2. The zero-order valence-corrected chi connectivity index (χ0v) is 45.2. The van der Waals surface area contributed by atoms with Gasteiger partial charge in [0.2, 0.25) is 0 Å². The summed E-state index contributed by atoms with van der Waals surface area (Å²) in [5, 5.41) is 2.90. The van der Waals surface area contributed by atoms with E-state index in [-0.39, 0.29) is 47.5 Å². The first-order chi connectivity index (χ1) is 31.0. The average molecular weight is 960 g/mol. The van der Waals surface area contributed by atoms with E-state index in [4.69, 9.17) is 0 Å². The van der Waals surface area contributed by atoms with Crippen molar-refractivity contribution in [3.63, 3.8) is 0 Å². The molecule has 0 fully saturated rings. The van der Waals surface area contributed by atoms with Crippen molar-refractivity contribution >= 4 is 79.5 Å². The van der Waals surface area contributed by atoms with Gasteiger partial charge in [0.15, 0.2) is 0 Å². The van der Waals surface area contributed by atoms with Crippen molar-refractivity contribution in [1.82, 2.24) is 0 Å². The molecule has 0 aliphatic carbocycles. The zero-order chi connectivity index (χ0) is 46.5. The number of unbranched alkanes of at least 4 members (excludes halogenated alkanes) is 24. The summed E-state index contributed by atoms with van der Waals surface area (Å²) < 4.78 is 74.1. The monoisotopic (exact) mass is 959 g/mol. The average Bonchev–Trinajstić information content (AvgIpc) is 3.27. The van der Waals surface area contributed by atoms with Crippen LogP contribution in [0, 0.1) is 0 Å². The molecule has 0 aliphatic rings. The van der Waals surface area contributed by atoms with Gasteiger partial charge in [0, 0.05) is 0 Å². The Hall–Kier alpha value is -1.52. The molecule has 4 rings (SSSR count). The summed E-state index contributed by atoms with van der Waals surface area (Å²) in [5.74, 6) is 0. The summed E-state index contributed by atoms with van der Waals surface area (Å²) in [5.41, 5.74) is 3.71. The number of benzene rings is 4. The van der Waals surface area contributed by atoms with Crippen molar-refractivity contribution in [2.24, 2.45) is 0 Å². The molecular formula is C56H86CaO6S2. The summed E-state index contributed by atoms with van der Waals surface area (Å²) >= 11 is 0. The van der Waals surface area contributed by atoms with Crippen LogP contribution in [0.1, 0.15) is 230 Å². The van der Waals surface area contributed by atoms with Gasteiger partial charge in [-0.2, -0.15) is 0 Å². The maximum Gasteiger partial charge on any atom is 2.00 e. The second-order valence-corrected chi connectivity index (χ2v) is 21.2. The Bertz CT molecular complexity index is 1960. The molecule has 0 aromatic heterocycles. The third kappa shape index (κ3) is 22.6. The van der Waals surface area contributed by atoms with E-state index in [0.29, 0.717) is 23.6 Å². The summed E-state index contributed by atoms with van der Waals surface area (Å²) in [6.07, 6.45) is 36.7. The first-order valence-corrected chi connectivity index (χ1v) is 28.8. The molecule has 0 saturated heterocycles. The van der Waals surface area contributed by atoms with Crippen molar-refractivity contribution in [3.05, 3.63) is 82.9 Å². The van der Waals surface area contributed by atoms with Gasteiger partial charge in [0.1, 0.15) is 20.2 Å². The molecule has 0 atom stereocenters. The minimum Gasteiger partial charge on any atom is -0.744 e. The van der Waals surface area contributed by atoms with Crippen LogP contribution in [0.25, 0.3) is 21.5 Å². The van der Waals surface area contributed by atoms with E-state index in [0.717, 1.165) is 97.2 Å². The Labute approximate surface area is 427 Å². The Morgan fingerprint density at radius 3 is 0.877 bits per heavy atom. The van der Waals surface area contributed by atoms with Crippen LogP contribution in [0.4, 0.5) is 0 Å². The maximum absolute atomic E-state index is 12.3. The standard InChI is InChI=1S/2C28H44O3S.Ca/c2*1-3-5-7-9-11-13-15-19-24-23-25-20-17-18-22-27(25)28(32(29,30)31)26(24)21-16-14-12-10-8-6-4-2;/h2*17-18,20,22-23H,3-16,19,21H2,1-2H3,(H,29,30,31);/q;;+2/p-2. The molecule has 4 aromatic carbocycles. The SMILES string of the molecule is CCCCCCCCCc1cc2ccccc2c(S(=O)(=O)[O-])c1CCCCCCCCC.CCCCCCCCCc1cc2ccccc2c(S(=O)(=O)[O-])c1CCCCCCCCC.[Ca+2]. The third-order valence-corrected chi connectivity index (χ3v) is 15.0. The number of rotatable bonds is 34. The van der Waals surface area contributed by atoms with E-state index in [1.54, 1.807) is 12.1 Å². The Balaban J connectivity index is 0.000000440. The molecule has 0 N–H and O–H groups in total. The first-order valence-electron chi connectivity index (χ1n) is 26.0. The fourth-order valence-electron chi connectivity index (χ4n) is 9.45. The third-order valence-electron chi connectivity index (χ3n) is 13.1. The molecule has 360 valence electrons. The van der Waals surface area contributed by atoms with Gasteiger partial charge in [0.25, 0.3) is 0 Å². The smallest absolute Gasteiger partial charge is 0.744 e. The molecule has 0 unspecified atom stereocenters. The van der Waals surface area contributed by atoms with E-state index >= 15 is 0 Å². The van der Waals surface area contributed by atoms with Crippen LogP contribution in [0.15, 0.2) is 70.5 Å². The van der Waals surface area contributed by atoms with Crippen LogP contribution in [0.2, 0.25) is 0 Å². The van der Waals surface area contributed by atoms with Crippen LogP contribution < -0.4 is 0 Å². The fraction of sp³-hybridized carbons (Fsp3) is 0.643. The largest absolute Gasteiger partial charge is 2.00 e. The normalized spacial score (nSPS) is 11.8. The van der Waals surface area contributed by atoms with Gasteiger partial charge < -0.3 is 9.11 Å². The number of hydrogen-bond acceptors (Lipinski definition) is 6. The van der Waals surface area contributed by atoms with Gasteiger partial charge >= 0.3 is 37.7 Å². The molecule has 0 radical (unpaired) electrons. The quantitative estimate of drug-likeness (QED) is 0.0262. The predicted octanol–water partition coefficient (Wildman–Crippen LogP) is 16.3. The van der Waals surface area contributed by atoms with E-state index in [1.165, 1.54) is 128 Å². The molecule has 0 spiro atoms. The summed E-state index contributed by atoms with van der Waals surface area (Å²) in [7, 11) is -9.07. The van der Waals surface area contributed by atoms with Crippen molar-refractivity contribution in [2.75, 3.05) is 0 Å². The minimum atomic E-state index is -4.53. The predicted molar refractivity (Wildman–Crippen MR) is 276 cm³/mol. The molecule has 0 amide bonds. The van der Waals surface area contributed by atoms with Gasteiger partial charge in [-0.3, -0.25) is 0 Å². The van der Waals surface area contributed by atoms with Gasteiger partial charge in [-0.25, -0.2) is 16.8 Å². The van der Waals surface area contributed by atoms with E-state index in [9.17, 15) is 25.9 Å². The Morgan fingerprint density at radius 1 is 0.354 bits per heavy atom. The molecule has 9 heteroatoms. The van der Waals surface area contributed by atoms with Gasteiger partial charge in [-0.05, 0) is 95.2 Å².